The molecule has 19 heavy (non-hydrogen) atoms. The van der Waals surface area contributed by atoms with Crippen LogP contribution in [0.2, 0.25) is 0 Å². The lowest BCUT2D eigenvalue weighted by Gasteiger charge is -2.26. The number of terminal acetylenes is 1. The molecule has 0 aromatic heterocycles. The van der Waals surface area contributed by atoms with Crippen molar-refractivity contribution >= 4 is 23.8 Å². The molecule has 1 rings (SSSR count). The molecular weight excluding hydrogens is 264 g/mol. The zero-order valence-corrected chi connectivity index (χ0v) is 11.7. The zero-order valence-electron chi connectivity index (χ0n) is 10.9. The summed E-state index contributed by atoms with van der Waals surface area (Å²) in [5.41, 5.74) is 0. The van der Waals surface area contributed by atoms with E-state index >= 15 is 0 Å². The van der Waals surface area contributed by atoms with E-state index in [1.807, 2.05) is 0 Å². The Kier molecular flexibility index (Phi) is 7.19. The number of carbonyl (C=O) groups is 2. The Bertz CT molecular complexity index is 346. The van der Waals surface area contributed by atoms with Crippen molar-refractivity contribution < 1.29 is 14.7 Å². The van der Waals surface area contributed by atoms with E-state index in [0.717, 1.165) is 18.6 Å². The largest absolute Gasteiger partial charge is 0.481 e. The van der Waals surface area contributed by atoms with Gasteiger partial charge in [0.2, 0.25) is 0 Å². The van der Waals surface area contributed by atoms with E-state index in [1.54, 1.807) is 11.8 Å². The summed E-state index contributed by atoms with van der Waals surface area (Å²) >= 11 is 1.60. The van der Waals surface area contributed by atoms with Gasteiger partial charge in [0.05, 0.1) is 11.7 Å². The molecule has 0 unspecified atom stereocenters. The Morgan fingerprint density at radius 1 is 1.32 bits per heavy atom. The normalized spacial score (nSPS) is 22.3. The second-order valence-electron chi connectivity index (χ2n) is 4.54. The highest BCUT2D eigenvalue weighted by atomic mass is 32.2. The molecule has 6 heteroatoms. The summed E-state index contributed by atoms with van der Waals surface area (Å²) in [6.07, 6.45) is 7.85. The first-order valence-electron chi connectivity index (χ1n) is 6.42. The number of rotatable bonds is 6. The maximum absolute atomic E-state index is 11.6. The maximum atomic E-state index is 11.6. The number of nitrogens with one attached hydrogen (secondary N) is 2. The molecule has 1 aliphatic rings. The van der Waals surface area contributed by atoms with Gasteiger partial charge in [-0.2, -0.15) is 0 Å². The van der Waals surface area contributed by atoms with Gasteiger partial charge in [-0.15, -0.1) is 18.2 Å². The van der Waals surface area contributed by atoms with Crippen LogP contribution < -0.4 is 10.6 Å². The molecule has 0 aliphatic heterocycles. The third kappa shape index (κ3) is 6.39. The first-order chi connectivity index (χ1) is 9.13. The topological polar surface area (TPSA) is 78.4 Å². The highest BCUT2D eigenvalue weighted by Gasteiger charge is 2.26. The third-order valence-corrected chi connectivity index (χ3v) is 3.99. The Labute approximate surface area is 117 Å². The number of aliphatic carboxylic acids is 1. The fourth-order valence-electron chi connectivity index (χ4n) is 2.09. The van der Waals surface area contributed by atoms with Gasteiger partial charge < -0.3 is 15.7 Å². The molecule has 2 amide bonds. The lowest BCUT2D eigenvalue weighted by atomic mass is 9.86. The van der Waals surface area contributed by atoms with Gasteiger partial charge in [-0.3, -0.25) is 4.79 Å². The monoisotopic (exact) mass is 284 g/mol. The van der Waals surface area contributed by atoms with Crippen molar-refractivity contribution in [2.45, 2.75) is 31.7 Å². The van der Waals surface area contributed by atoms with Gasteiger partial charge in [-0.05, 0) is 25.7 Å². The van der Waals surface area contributed by atoms with Gasteiger partial charge in [-0.1, -0.05) is 5.92 Å². The molecule has 3 N–H and O–H groups in total. The molecule has 1 saturated carbocycles. The van der Waals surface area contributed by atoms with Gasteiger partial charge in [0, 0.05) is 18.3 Å². The van der Waals surface area contributed by atoms with E-state index in [4.69, 9.17) is 11.5 Å². The van der Waals surface area contributed by atoms with E-state index in [9.17, 15) is 9.59 Å². The molecule has 0 aromatic rings. The number of urea groups is 1. The van der Waals surface area contributed by atoms with Crippen LogP contribution in [-0.4, -0.2) is 41.2 Å². The molecule has 1 aliphatic carbocycles. The molecule has 0 atom stereocenters. The first-order valence-corrected chi connectivity index (χ1v) is 7.57. The van der Waals surface area contributed by atoms with E-state index in [2.05, 4.69) is 16.6 Å². The molecule has 0 radical (unpaired) electrons. The molecule has 0 spiro atoms. The number of carboxylic acids is 1. The smallest absolute Gasteiger partial charge is 0.315 e. The molecule has 0 saturated heterocycles. The molecule has 0 bridgehead atoms. The minimum Gasteiger partial charge on any atom is -0.481 e. The number of hydrogen-bond donors (Lipinski definition) is 3. The van der Waals surface area contributed by atoms with Crippen LogP contribution in [0, 0.1) is 18.3 Å². The summed E-state index contributed by atoms with van der Waals surface area (Å²) in [5, 5.41) is 14.5. The summed E-state index contributed by atoms with van der Waals surface area (Å²) < 4.78 is 0. The van der Waals surface area contributed by atoms with Crippen LogP contribution in [0.25, 0.3) is 0 Å². The van der Waals surface area contributed by atoms with Crippen LogP contribution in [0.3, 0.4) is 0 Å². The first kappa shape index (κ1) is 15.7. The Balaban J connectivity index is 2.10. The van der Waals surface area contributed by atoms with Gasteiger partial charge in [0.25, 0.3) is 0 Å². The van der Waals surface area contributed by atoms with E-state index in [0.29, 0.717) is 25.1 Å². The summed E-state index contributed by atoms with van der Waals surface area (Å²) in [7, 11) is 0. The average Bonchev–Trinajstić information content (AvgIpc) is 2.39. The maximum Gasteiger partial charge on any atom is 0.315 e. The minimum absolute atomic E-state index is 0.0916. The summed E-state index contributed by atoms with van der Waals surface area (Å²) in [6, 6.07) is -0.0888. The van der Waals surface area contributed by atoms with Crippen LogP contribution in [0.5, 0.6) is 0 Å². The van der Waals surface area contributed by atoms with E-state index < -0.39 is 5.97 Å². The lowest BCUT2D eigenvalue weighted by Crippen LogP contribution is -2.44. The Hall–Kier alpha value is -1.35. The van der Waals surface area contributed by atoms with Crippen molar-refractivity contribution in [1.29, 1.82) is 0 Å². The van der Waals surface area contributed by atoms with E-state index in [-0.39, 0.29) is 18.0 Å². The summed E-state index contributed by atoms with van der Waals surface area (Å²) in [6.45, 7) is 0.586. The highest BCUT2D eigenvalue weighted by molar-refractivity contribution is 7.99. The van der Waals surface area contributed by atoms with E-state index in [1.165, 1.54) is 0 Å². The standard InChI is InChI=1S/C13H20N2O3S/c1-2-8-19-9-7-14-13(18)15-11-5-3-10(4-6-11)12(16)17/h1,10-11H,3-9H2,(H,16,17)(H2,14,15,18). The molecule has 5 nitrogen and oxygen atoms in total. The highest BCUT2D eigenvalue weighted by Crippen LogP contribution is 2.24. The van der Waals surface area contributed by atoms with Crippen LogP contribution >= 0.6 is 11.8 Å². The number of carbonyl (C=O) groups excluding carboxylic acids is 1. The Morgan fingerprint density at radius 2 is 2.00 bits per heavy atom. The SMILES string of the molecule is C#CCSCCNC(=O)NC1CCC(C(=O)O)CC1. The summed E-state index contributed by atoms with van der Waals surface area (Å²) in [5.74, 6) is 2.99. The quantitative estimate of drug-likeness (QED) is 0.507. The van der Waals surface area contributed by atoms with Crippen molar-refractivity contribution in [3.63, 3.8) is 0 Å². The van der Waals surface area contributed by atoms with Crippen molar-refractivity contribution in [2.75, 3.05) is 18.1 Å². The molecular formula is C13H20N2O3S. The fraction of sp³-hybridized carbons (Fsp3) is 0.692. The second kappa shape index (κ2) is 8.70. The van der Waals surface area contributed by atoms with Gasteiger partial charge in [-0.25, -0.2) is 4.79 Å². The van der Waals surface area contributed by atoms with Gasteiger partial charge >= 0.3 is 12.0 Å². The Morgan fingerprint density at radius 3 is 2.58 bits per heavy atom. The lowest BCUT2D eigenvalue weighted by molar-refractivity contribution is -0.142. The van der Waals surface area contributed by atoms with Crippen molar-refractivity contribution in [2.24, 2.45) is 5.92 Å². The number of thioether (sulfide) groups is 1. The average molecular weight is 284 g/mol. The molecule has 0 aromatic carbocycles. The predicted octanol–water partition coefficient (Wildman–Crippen LogP) is 1.30. The minimum atomic E-state index is -0.728. The van der Waals surface area contributed by atoms with Crippen molar-refractivity contribution in [3.05, 3.63) is 0 Å². The van der Waals surface area contributed by atoms with Gasteiger partial charge in [0.15, 0.2) is 0 Å². The van der Waals surface area contributed by atoms with Crippen molar-refractivity contribution in [1.82, 2.24) is 10.6 Å². The summed E-state index contributed by atoms with van der Waals surface area (Å²) in [4.78, 5) is 22.4. The van der Waals surface area contributed by atoms with Crippen LogP contribution in [0.1, 0.15) is 25.7 Å². The third-order valence-electron chi connectivity index (χ3n) is 3.13. The van der Waals surface area contributed by atoms with Crippen LogP contribution in [0.4, 0.5) is 4.79 Å². The molecule has 0 heterocycles. The molecule has 106 valence electrons. The van der Waals surface area contributed by atoms with Crippen LogP contribution in [0.15, 0.2) is 0 Å². The number of amides is 2. The fourth-order valence-corrected chi connectivity index (χ4v) is 2.60. The predicted molar refractivity (Wildman–Crippen MR) is 76.1 cm³/mol. The van der Waals surface area contributed by atoms with Crippen LogP contribution in [-0.2, 0) is 4.79 Å². The van der Waals surface area contributed by atoms with Crippen molar-refractivity contribution in [3.8, 4) is 12.3 Å². The number of hydrogen-bond acceptors (Lipinski definition) is 3. The zero-order chi connectivity index (χ0) is 14.1. The number of carboxylic acid groups (broad SMARTS) is 1. The van der Waals surface area contributed by atoms with Gasteiger partial charge in [0.1, 0.15) is 0 Å². The second-order valence-corrected chi connectivity index (χ2v) is 5.65. The molecule has 1 fully saturated rings.